The number of rotatable bonds is 6. The van der Waals surface area contributed by atoms with Crippen molar-refractivity contribution in [2.75, 3.05) is 36.5 Å². The SMILES string of the molecule is O=C(Nc1cnn(Cc2cccc(N3CCOCC3)c2)c1)c1n[nH]c2cc(-c3cn[nH]c3)ccc12. The van der Waals surface area contributed by atoms with Gasteiger partial charge in [-0.3, -0.25) is 19.7 Å². The minimum Gasteiger partial charge on any atom is -0.378 e. The highest BCUT2D eigenvalue weighted by atomic mass is 16.5. The maximum atomic E-state index is 12.9. The van der Waals surface area contributed by atoms with Crippen molar-refractivity contribution in [1.29, 1.82) is 0 Å². The van der Waals surface area contributed by atoms with Gasteiger partial charge in [-0.1, -0.05) is 18.2 Å². The standard InChI is InChI=1S/C25H24N8O2/c34-25(24-22-5-4-18(11-23(22)30-31-24)19-12-26-27-13-19)29-20-14-28-33(16-20)15-17-2-1-3-21(10-17)32-6-8-35-9-7-32/h1-5,10-14,16H,6-9,15H2,(H,26,27)(H,29,34)(H,30,31). The zero-order valence-corrected chi connectivity index (χ0v) is 18.9. The molecule has 1 fully saturated rings. The van der Waals surface area contributed by atoms with Crippen molar-refractivity contribution in [2.24, 2.45) is 0 Å². The Labute approximate surface area is 200 Å². The Morgan fingerprint density at radius 2 is 2.00 bits per heavy atom. The van der Waals surface area contributed by atoms with Crippen molar-refractivity contribution >= 4 is 28.2 Å². The van der Waals surface area contributed by atoms with Gasteiger partial charge < -0.3 is 15.0 Å². The first-order valence-electron chi connectivity index (χ1n) is 11.5. The quantitative estimate of drug-likeness (QED) is 0.352. The zero-order chi connectivity index (χ0) is 23.6. The topological polar surface area (TPSA) is 117 Å². The van der Waals surface area contributed by atoms with E-state index in [0.29, 0.717) is 17.9 Å². The fourth-order valence-electron chi connectivity index (χ4n) is 4.35. The molecule has 1 saturated heterocycles. The third-order valence-corrected chi connectivity index (χ3v) is 6.13. The van der Waals surface area contributed by atoms with Crippen LogP contribution in [0.15, 0.2) is 67.3 Å². The molecule has 2 aromatic carbocycles. The number of morpholine rings is 1. The van der Waals surface area contributed by atoms with E-state index in [-0.39, 0.29) is 5.91 Å². The van der Waals surface area contributed by atoms with Crippen molar-refractivity contribution in [2.45, 2.75) is 6.54 Å². The van der Waals surface area contributed by atoms with Crippen LogP contribution in [0, 0.1) is 0 Å². The molecule has 176 valence electrons. The van der Waals surface area contributed by atoms with Crippen LogP contribution in [0.5, 0.6) is 0 Å². The zero-order valence-electron chi connectivity index (χ0n) is 18.9. The maximum absolute atomic E-state index is 12.9. The van der Waals surface area contributed by atoms with E-state index in [9.17, 15) is 4.79 Å². The second kappa shape index (κ2) is 9.07. The summed E-state index contributed by atoms with van der Waals surface area (Å²) in [6.45, 7) is 3.91. The van der Waals surface area contributed by atoms with Gasteiger partial charge in [-0.25, -0.2) is 0 Å². The molecule has 0 aliphatic carbocycles. The van der Waals surface area contributed by atoms with Gasteiger partial charge in [-0.15, -0.1) is 0 Å². The Bertz CT molecular complexity index is 1460. The molecule has 0 unspecified atom stereocenters. The second-order valence-electron chi connectivity index (χ2n) is 8.47. The van der Waals surface area contributed by atoms with Gasteiger partial charge >= 0.3 is 0 Å². The average Bonchev–Trinajstić information content (AvgIpc) is 3.66. The molecule has 0 atom stereocenters. The maximum Gasteiger partial charge on any atom is 0.276 e. The summed E-state index contributed by atoms with van der Waals surface area (Å²) in [5, 5.41) is 22.1. The number of hydrogen-bond donors (Lipinski definition) is 3. The van der Waals surface area contributed by atoms with Gasteiger partial charge in [0.1, 0.15) is 0 Å². The van der Waals surface area contributed by atoms with Crippen molar-refractivity contribution in [1.82, 2.24) is 30.2 Å². The number of aromatic nitrogens is 6. The van der Waals surface area contributed by atoms with E-state index in [2.05, 4.69) is 60.0 Å². The number of nitrogens with zero attached hydrogens (tertiary/aromatic N) is 5. The van der Waals surface area contributed by atoms with Crippen LogP contribution in [0.3, 0.4) is 0 Å². The Balaban J connectivity index is 1.14. The lowest BCUT2D eigenvalue weighted by atomic mass is 10.1. The van der Waals surface area contributed by atoms with Crippen LogP contribution in [0.2, 0.25) is 0 Å². The lowest BCUT2D eigenvalue weighted by Crippen LogP contribution is -2.36. The van der Waals surface area contributed by atoms with E-state index in [1.165, 1.54) is 5.69 Å². The summed E-state index contributed by atoms with van der Waals surface area (Å²) in [7, 11) is 0. The normalized spacial score (nSPS) is 13.9. The second-order valence-corrected chi connectivity index (χ2v) is 8.47. The fourth-order valence-corrected chi connectivity index (χ4v) is 4.35. The van der Waals surface area contributed by atoms with E-state index in [4.69, 9.17) is 4.74 Å². The van der Waals surface area contributed by atoms with Crippen molar-refractivity contribution in [3.05, 3.63) is 78.5 Å². The molecule has 3 N–H and O–H groups in total. The molecule has 4 heterocycles. The van der Waals surface area contributed by atoms with Crippen molar-refractivity contribution in [3.8, 4) is 11.1 Å². The van der Waals surface area contributed by atoms with E-state index in [1.54, 1.807) is 12.4 Å². The summed E-state index contributed by atoms with van der Waals surface area (Å²) < 4.78 is 7.27. The first kappa shape index (κ1) is 21.1. The number of carbonyl (C=O) groups excluding carboxylic acids is 1. The van der Waals surface area contributed by atoms with Gasteiger partial charge in [-0.05, 0) is 35.4 Å². The number of carbonyl (C=O) groups is 1. The minimum atomic E-state index is -0.291. The van der Waals surface area contributed by atoms with Crippen molar-refractivity contribution < 1.29 is 9.53 Å². The predicted molar refractivity (Wildman–Crippen MR) is 132 cm³/mol. The van der Waals surface area contributed by atoms with Gasteiger partial charge in [0, 0.05) is 42.1 Å². The molecule has 0 spiro atoms. The van der Waals surface area contributed by atoms with Crippen LogP contribution in [0.25, 0.3) is 22.0 Å². The number of aromatic amines is 2. The smallest absolute Gasteiger partial charge is 0.276 e. The van der Waals surface area contributed by atoms with Gasteiger partial charge in [0.15, 0.2) is 5.69 Å². The number of nitrogens with one attached hydrogen (secondary N) is 3. The summed E-state index contributed by atoms with van der Waals surface area (Å²) in [6.07, 6.45) is 7.05. The first-order valence-corrected chi connectivity index (χ1v) is 11.5. The van der Waals surface area contributed by atoms with Gasteiger partial charge in [-0.2, -0.15) is 15.3 Å². The third kappa shape index (κ3) is 4.38. The monoisotopic (exact) mass is 468 g/mol. The number of amides is 1. The van der Waals surface area contributed by atoms with Crippen molar-refractivity contribution in [3.63, 3.8) is 0 Å². The molecular formula is C25H24N8O2. The lowest BCUT2D eigenvalue weighted by Gasteiger charge is -2.29. The molecule has 0 radical (unpaired) electrons. The number of fused-ring (bicyclic) bond motifs is 1. The Kier molecular flexibility index (Phi) is 5.47. The summed E-state index contributed by atoms with van der Waals surface area (Å²) >= 11 is 0. The molecule has 0 bridgehead atoms. The van der Waals surface area contributed by atoms with Gasteiger partial charge in [0.2, 0.25) is 0 Å². The molecule has 35 heavy (non-hydrogen) atoms. The van der Waals surface area contributed by atoms with Gasteiger partial charge in [0.05, 0.1) is 43.4 Å². The molecule has 10 heteroatoms. The van der Waals surface area contributed by atoms with E-state index in [1.807, 2.05) is 35.3 Å². The Hall–Kier alpha value is -4.44. The summed E-state index contributed by atoms with van der Waals surface area (Å²) in [5.74, 6) is -0.291. The van der Waals surface area contributed by atoms with Crippen LogP contribution in [-0.2, 0) is 11.3 Å². The molecule has 1 aliphatic rings. The number of hydrogen-bond acceptors (Lipinski definition) is 6. The third-order valence-electron chi connectivity index (χ3n) is 6.13. The van der Waals surface area contributed by atoms with Crippen LogP contribution in [0.4, 0.5) is 11.4 Å². The van der Waals surface area contributed by atoms with E-state index < -0.39 is 0 Å². The highest BCUT2D eigenvalue weighted by molar-refractivity contribution is 6.11. The molecule has 3 aromatic heterocycles. The molecule has 5 aromatic rings. The van der Waals surface area contributed by atoms with Crippen LogP contribution < -0.4 is 10.2 Å². The molecule has 6 rings (SSSR count). The molecular weight excluding hydrogens is 444 g/mol. The summed E-state index contributed by atoms with van der Waals surface area (Å²) in [6, 6.07) is 14.2. The largest absolute Gasteiger partial charge is 0.378 e. The summed E-state index contributed by atoms with van der Waals surface area (Å²) in [5.41, 5.74) is 6.02. The number of H-pyrrole nitrogens is 2. The number of ether oxygens (including phenoxy) is 1. The minimum absolute atomic E-state index is 0.291. The molecule has 1 aliphatic heterocycles. The van der Waals surface area contributed by atoms with E-state index >= 15 is 0 Å². The van der Waals surface area contributed by atoms with Gasteiger partial charge in [0.25, 0.3) is 5.91 Å². The summed E-state index contributed by atoms with van der Waals surface area (Å²) in [4.78, 5) is 15.3. The van der Waals surface area contributed by atoms with Crippen LogP contribution in [0.1, 0.15) is 16.1 Å². The highest BCUT2D eigenvalue weighted by Crippen LogP contribution is 2.25. The average molecular weight is 469 g/mol. The Morgan fingerprint density at radius 1 is 1.09 bits per heavy atom. The lowest BCUT2D eigenvalue weighted by molar-refractivity contribution is 0.102. The van der Waals surface area contributed by atoms with Crippen LogP contribution in [-0.4, -0.2) is 62.4 Å². The predicted octanol–water partition coefficient (Wildman–Crippen LogP) is 3.29. The number of anilines is 2. The Morgan fingerprint density at radius 3 is 2.86 bits per heavy atom. The molecule has 10 nitrogen and oxygen atoms in total. The first-order chi connectivity index (χ1) is 17.2. The fraction of sp³-hybridized carbons (Fsp3) is 0.200. The molecule has 0 saturated carbocycles. The molecule has 1 amide bonds. The van der Waals surface area contributed by atoms with Crippen LogP contribution >= 0.6 is 0 Å². The van der Waals surface area contributed by atoms with E-state index in [0.717, 1.165) is 53.9 Å². The highest BCUT2D eigenvalue weighted by Gasteiger charge is 2.16. The number of benzene rings is 2.